The summed E-state index contributed by atoms with van der Waals surface area (Å²) in [6.07, 6.45) is 0. The van der Waals surface area contributed by atoms with E-state index in [-0.39, 0.29) is 0 Å². The normalized spacial score (nSPS) is 15.2. The molecule has 0 unspecified atom stereocenters. The Morgan fingerprint density at radius 3 is 2.81 bits per heavy atom. The average molecular weight is 222 g/mol. The van der Waals surface area contributed by atoms with Crippen molar-refractivity contribution in [1.82, 2.24) is 9.78 Å². The van der Waals surface area contributed by atoms with Gasteiger partial charge in [0.15, 0.2) is 5.82 Å². The molecule has 0 fully saturated rings. The zero-order valence-electron chi connectivity index (χ0n) is 10.7. The third-order valence-corrected chi connectivity index (χ3v) is 2.97. The van der Waals surface area contributed by atoms with Crippen LogP contribution >= 0.6 is 0 Å². The van der Waals surface area contributed by atoms with Gasteiger partial charge in [0.2, 0.25) is 0 Å². The van der Waals surface area contributed by atoms with Gasteiger partial charge in [0.05, 0.1) is 5.69 Å². The number of rotatable bonds is 3. The van der Waals surface area contributed by atoms with Crippen LogP contribution in [-0.2, 0) is 6.54 Å². The van der Waals surface area contributed by atoms with Crippen LogP contribution in [0, 0.1) is 12.8 Å². The summed E-state index contributed by atoms with van der Waals surface area (Å²) in [4.78, 5) is 2.46. The van der Waals surface area contributed by atoms with Crippen molar-refractivity contribution in [2.24, 2.45) is 5.92 Å². The Kier molecular flexibility index (Phi) is 3.08. The van der Waals surface area contributed by atoms with Crippen LogP contribution < -0.4 is 10.2 Å². The Morgan fingerprint density at radius 1 is 1.44 bits per heavy atom. The number of hydrogen-bond acceptors (Lipinski definition) is 3. The number of aromatic nitrogens is 2. The standard InChI is InChI=1S/C12H22N4/c1-5-16-12-11(10(4)14-16)13-6-7-15(12)8-9(2)3/h9,13H,5-8H2,1-4H3. The highest BCUT2D eigenvalue weighted by molar-refractivity contribution is 5.71. The highest BCUT2D eigenvalue weighted by atomic mass is 15.4. The quantitative estimate of drug-likeness (QED) is 0.850. The lowest BCUT2D eigenvalue weighted by atomic mass is 10.2. The van der Waals surface area contributed by atoms with Gasteiger partial charge < -0.3 is 10.2 Å². The number of fused-ring (bicyclic) bond motifs is 1. The van der Waals surface area contributed by atoms with Gasteiger partial charge in [0, 0.05) is 26.2 Å². The summed E-state index contributed by atoms with van der Waals surface area (Å²) in [5, 5.41) is 8.04. The molecule has 1 aromatic heterocycles. The van der Waals surface area contributed by atoms with Crippen molar-refractivity contribution >= 4 is 11.5 Å². The van der Waals surface area contributed by atoms with E-state index in [1.807, 2.05) is 0 Å². The number of hydrogen-bond donors (Lipinski definition) is 1. The second-order valence-corrected chi connectivity index (χ2v) is 4.87. The highest BCUT2D eigenvalue weighted by Crippen LogP contribution is 2.32. The molecule has 1 aliphatic rings. The lowest BCUT2D eigenvalue weighted by molar-refractivity contribution is 0.574. The van der Waals surface area contributed by atoms with Crippen molar-refractivity contribution in [3.8, 4) is 0 Å². The van der Waals surface area contributed by atoms with Crippen molar-refractivity contribution < 1.29 is 0 Å². The third kappa shape index (κ3) is 1.88. The van der Waals surface area contributed by atoms with Crippen LogP contribution in [0.4, 0.5) is 11.5 Å². The van der Waals surface area contributed by atoms with Gasteiger partial charge in [-0.25, -0.2) is 4.68 Å². The van der Waals surface area contributed by atoms with Gasteiger partial charge in [0.1, 0.15) is 5.69 Å². The molecule has 0 spiro atoms. The van der Waals surface area contributed by atoms with E-state index >= 15 is 0 Å². The molecule has 1 aromatic rings. The summed E-state index contributed by atoms with van der Waals surface area (Å²) in [6.45, 7) is 12.9. The number of anilines is 2. The Morgan fingerprint density at radius 2 is 2.19 bits per heavy atom. The molecule has 2 rings (SSSR count). The minimum atomic E-state index is 0.687. The first-order valence-corrected chi connectivity index (χ1v) is 6.19. The van der Waals surface area contributed by atoms with Crippen molar-refractivity contribution in [1.29, 1.82) is 0 Å². The molecule has 0 atom stereocenters. The van der Waals surface area contributed by atoms with Crippen LogP contribution in [-0.4, -0.2) is 29.4 Å². The van der Waals surface area contributed by atoms with Crippen molar-refractivity contribution in [2.75, 3.05) is 29.9 Å². The van der Waals surface area contributed by atoms with Crippen LogP contribution in [0.3, 0.4) is 0 Å². The summed E-state index contributed by atoms with van der Waals surface area (Å²) >= 11 is 0. The molecule has 0 saturated carbocycles. The molecule has 1 aliphatic heterocycles. The zero-order chi connectivity index (χ0) is 11.7. The Balaban J connectivity index is 2.35. The summed E-state index contributed by atoms with van der Waals surface area (Å²) in [7, 11) is 0. The fourth-order valence-corrected chi connectivity index (χ4v) is 2.36. The molecular formula is C12H22N4. The van der Waals surface area contributed by atoms with Crippen LogP contribution in [0.5, 0.6) is 0 Å². The van der Waals surface area contributed by atoms with Crippen LogP contribution in [0.15, 0.2) is 0 Å². The third-order valence-electron chi connectivity index (χ3n) is 2.97. The highest BCUT2D eigenvalue weighted by Gasteiger charge is 2.24. The monoisotopic (exact) mass is 222 g/mol. The van der Waals surface area contributed by atoms with E-state index in [1.54, 1.807) is 0 Å². The van der Waals surface area contributed by atoms with Gasteiger partial charge in [-0.1, -0.05) is 13.8 Å². The smallest absolute Gasteiger partial charge is 0.150 e. The lowest BCUT2D eigenvalue weighted by Crippen LogP contribution is -2.37. The first-order chi connectivity index (χ1) is 7.63. The molecule has 1 N–H and O–H groups in total. The van der Waals surface area contributed by atoms with E-state index in [9.17, 15) is 0 Å². The maximum atomic E-state index is 4.58. The predicted octanol–water partition coefficient (Wildman–Crippen LogP) is 2.10. The second kappa shape index (κ2) is 4.36. The Labute approximate surface area is 97.6 Å². The SMILES string of the molecule is CCn1nc(C)c2c1N(CC(C)C)CCN2. The van der Waals surface area contributed by atoms with Crippen molar-refractivity contribution in [2.45, 2.75) is 34.2 Å². The van der Waals surface area contributed by atoms with Gasteiger partial charge in [-0.05, 0) is 19.8 Å². The van der Waals surface area contributed by atoms with Gasteiger partial charge >= 0.3 is 0 Å². The van der Waals surface area contributed by atoms with Gasteiger partial charge in [-0.15, -0.1) is 0 Å². The van der Waals surface area contributed by atoms with E-state index < -0.39 is 0 Å². The fraction of sp³-hybridized carbons (Fsp3) is 0.750. The average Bonchev–Trinajstić information content (AvgIpc) is 2.56. The van der Waals surface area contributed by atoms with E-state index in [4.69, 9.17) is 0 Å². The van der Waals surface area contributed by atoms with Crippen LogP contribution in [0.25, 0.3) is 0 Å². The van der Waals surface area contributed by atoms with Crippen molar-refractivity contribution in [3.63, 3.8) is 0 Å². The van der Waals surface area contributed by atoms with Gasteiger partial charge in [-0.2, -0.15) is 5.10 Å². The fourth-order valence-electron chi connectivity index (χ4n) is 2.36. The minimum absolute atomic E-state index is 0.687. The Bertz CT molecular complexity index is 367. The molecule has 4 heteroatoms. The van der Waals surface area contributed by atoms with Gasteiger partial charge in [-0.3, -0.25) is 0 Å². The molecule has 2 heterocycles. The molecule has 0 aromatic carbocycles. The number of nitrogens with one attached hydrogen (secondary N) is 1. The molecule has 0 bridgehead atoms. The summed E-state index contributed by atoms with van der Waals surface area (Å²) < 4.78 is 2.11. The maximum absolute atomic E-state index is 4.58. The van der Waals surface area contributed by atoms with Crippen LogP contribution in [0.2, 0.25) is 0 Å². The van der Waals surface area contributed by atoms with Crippen LogP contribution in [0.1, 0.15) is 26.5 Å². The maximum Gasteiger partial charge on any atom is 0.150 e. The first kappa shape index (κ1) is 11.3. The summed E-state index contributed by atoms with van der Waals surface area (Å²) in [5.74, 6) is 1.96. The van der Waals surface area contributed by atoms with Crippen molar-refractivity contribution in [3.05, 3.63) is 5.69 Å². The number of nitrogens with zero attached hydrogens (tertiary/aromatic N) is 3. The topological polar surface area (TPSA) is 33.1 Å². The summed E-state index contributed by atoms with van der Waals surface area (Å²) in [6, 6.07) is 0. The van der Waals surface area contributed by atoms with E-state index in [0.717, 1.165) is 31.9 Å². The van der Waals surface area contributed by atoms with E-state index in [2.05, 4.69) is 47.7 Å². The van der Waals surface area contributed by atoms with Gasteiger partial charge in [0.25, 0.3) is 0 Å². The van der Waals surface area contributed by atoms with E-state index in [0.29, 0.717) is 5.92 Å². The molecule has 4 nitrogen and oxygen atoms in total. The molecular weight excluding hydrogens is 200 g/mol. The molecule has 90 valence electrons. The minimum Gasteiger partial charge on any atom is -0.379 e. The second-order valence-electron chi connectivity index (χ2n) is 4.87. The van der Waals surface area contributed by atoms with E-state index in [1.165, 1.54) is 11.5 Å². The first-order valence-electron chi connectivity index (χ1n) is 6.19. The molecule has 0 radical (unpaired) electrons. The number of aryl methyl sites for hydroxylation is 2. The lowest BCUT2D eigenvalue weighted by Gasteiger charge is -2.32. The summed E-state index contributed by atoms with van der Waals surface area (Å²) in [5.41, 5.74) is 2.35. The molecule has 16 heavy (non-hydrogen) atoms. The molecule has 0 aliphatic carbocycles. The predicted molar refractivity (Wildman–Crippen MR) is 68.2 cm³/mol. The largest absolute Gasteiger partial charge is 0.379 e. The Hall–Kier alpha value is -1.19. The molecule has 0 saturated heterocycles. The molecule has 0 amide bonds. The zero-order valence-corrected chi connectivity index (χ0v) is 10.7.